The van der Waals surface area contributed by atoms with Crippen molar-refractivity contribution in [3.05, 3.63) is 29.3 Å². The monoisotopic (exact) mass is 286 g/mol. The van der Waals surface area contributed by atoms with Crippen molar-refractivity contribution in [3.8, 4) is 11.8 Å². The molecule has 0 unspecified atom stereocenters. The summed E-state index contributed by atoms with van der Waals surface area (Å²) in [6.07, 6.45) is -4.50. The number of halogens is 3. The highest BCUT2D eigenvalue weighted by atomic mass is 19.4. The van der Waals surface area contributed by atoms with Crippen molar-refractivity contribution in [3.63, 3.8) is 0 Å². The van der Waals surface area contributed by atoms with Gasteiger partial charge in [-0.25, -0.2) is 0 Å². The van der Waals surface area contributed by atoms with E-state index in [1.165, 1.54) is 6.07 Å². The molecule has 0 aromatic heterocycles. The van der Waals surface area contributed by atoms with Gasteiger partial charge in [0.25, 0.3) is 0 Å². The van der Waals surface area contributed by atoms with Gasteiger partial charge in [0, 0.05) is 6.54 Å². The largest absolute Gasteiger partial charge is 0.478 e. The normalized spacial score (nSPS) is 11.4. The lowest BCUT2D eigenvalue weighted by Gasteiger charge is -2.14. The molecular weight excluding hydrogens is 269 g/mol. The van der Waals surface area contributed by atoms with E-state index in [0.717, 1.165) is 12.6 Å². The lowest BCUT2D eigenvalue weighted by molar-refractivity contribution is -0.138. The van der Waals surface area contributed by atoms with Crippen LogP contribution in [0.25, 0.3) is 0 Å². The van der Waals surface area contributed by atoms with Crippen LogP contribution < -0.4 is 10.1 Å². The summed E-state index contributed by atoms with van der Waals surface area (Å²) < 4.78 is 43.6. The van der Waals surface area contributed by atoms with Crippen LogP contribution in [0.4, 0.5) is 13.2 Å². The Morgan fingerprint density at radius 1 is 1.35 bits per heavy atom. The summed E-state index contributed by atoms with van der Waals surface area (Å²) in [5.41, 5.74) is -0.320. The number of hydrogen-bond donors (Lipinski definition) is 1. The average molecular weight is 286 g/mol. The Morgan fingerprint density at radius 3 is 2.60 bits per heavy atom. The summed E-state index contributed by atoms with van der Waals surface area (Å²) in [4.78, 5) is 0. The lowest BCUT2D eigenvalue weighted by Crippen LogP contribution is -2.19. The fourth-order valence-electron chi connectivity index (χ4n) is 1.65. The molecular formula is C14H17F3N2O. The van der Waals surface area contributed by atoms with E-state index in [9.17, 15) is 13.2 Å². The highest BCUT2D eigenvalue weighted by molar-refractivity contribution is 5.39. The number of hydrogen-bond acceptors (Lipinski definition) is 3. The van der Waals surface area contributed by atoms with Gasteiger partial charge in [0.05, 0.1) is 5.56 Å². The Bertz CT molecular complexity index is 478. The zero-order valence-corrected chi connectivity index (χ0v) is 11.4. The van der Waals surface area contributed by atoms with E-state index in [4.69, 9.17) is 10.00 Å². The second-order valence-corrected chi connectivity index (χ2v) is 4.80. The second kappa shape index (κ2) is 7.15. The Balaban J connectivity index is 2.88. The molecule has 0 spiro atoms. The van der Waals surface area contributed by atoms with Crippen molar-refractivity contribution < 1.29 is 17.9 Å². The Kier molecular flexibility index (Phi) is 5.83. The van der Waals surface area contributed by atoms with Gasteiger partial charge in [-0.15, -0.1) is 0 Å². The van der Waals surface area contributed by atoms with Gasteiger partial charge in [0.2, 0.25) is 0 Å². The third kappa shape index (κ3) is 5.10. The van der Waals surface area contributed by atoms with Crippen molar-refractivity contribution >= 4 is 0 Å². The van der Waals surface area contributed by atoms with Gasteiger partial charge in [0.15, 0.2) is 6.61 Å². The smallest absolute Gasteiger partial charge is 0.419 e. The Hall–Kier alpha value is -1.74. The molecule has 6 heteroatoms. The minimum Gasteiger partial charge on any atom is -0.478 e. The highest BCUT2D eigenvalue weighted by Crippen LogP contribution is 2.36. The summed E-state index contributed by atoms with van der Waals surface area (Å²) in [7, 11) is 0. The SMILES string of the molecule is CC(C)CNCc1ccc(OCC#N)c(C(F)(F)F)c1. The molecule has 1 rings (SSSR count). The van der Waals surface area contributed by atoms with Gasteiger partial charge in [-0.05, 0) is 30.2 Å². The molecule has 110 valence electrons. The van der Waals surface area contributed by atoms with Gasteiger partial charge in [0.1, 0.15) is 11.8 Å². The predicted molar refractivity (Wildman–Crippen MR) is 69.1 cm³/mol. The molecule has 3 nitrogen and oxygen atoms in total. The quantitative estimate of drug-likeness (QED) is 0.872. The van der Waals surface area contributed by atoms with Crippen molar-refractivity contribution in [2.75, 3.05) is 13.2 Å². The van der Waals surface area contributed by atoms with E-state index in [2.05, 4.69) is 5.32 Å². The molecule has 0 heterocycles. The topological polar surface area (TPSA) is 45.0 Å². The van der Waals surface area contributed by atoms with Crippen LogP contribution in [0.5, 0.6) is 5.75 Å². The molecule has 0 atom stereocenters. The number of rotatable bonds is 6. The highest BCUT2D eigenvalue weighted by Gasteiger charge is 2.34. The third-order valence-electron chi connectivity index (χ3n) is 2.52. The first-order chi connectivity index (χ1) is 9.34. The third-order valence-corrected chi connectivity index (χ3v) is 2.52. The van der Waals surface area contributed by atoms with E-state index in [1.54, 1.807) is 12.1 Å². The van der Waals surface area contributed by atoms with Gasteiger partial charge in [-0.3, -0.25) is 0 Å². The Labute approximate surface area is 116 Å². The van der Waals surface area contributed by atoms with E-state index < -0.39 is 18.3 Å². The zero-order chi connectivity index (χ0) is 15.2. The molecule has 1 aromatic carbocycles. The van der Waals surface area contributed by atoms with Crippen LogP contribution in [0.1, 0.15) is 25.0 Å². The molecule has 0 bridgehead atoms. The molecule has 20 heavy (non-hydrogen) atoms. The van der Waals surface area contributed by atoms with Gasteiger partial charge in [-0.2, -0.15) is 18.4 Å². The van der Waals surface area contributed by atoms with E-state index in [0.29, 0.717) is 18.0 Å². The number of nitriles is 1. The van der Waals surface area contributed by atoms with E-state index in [1.807, 2.05) is 13.8 Å². The van der Waals surface area contributed by atoms with Crippen LogP contribution in [-0.4, -0.2) is 13.2 Å². The predicted octanol–water partition coefficient (Wildman–Crippen LogP) is 3.35. The fourth-order valence-corrected chi connectivity index (χ4v) is 1.65. The van der Waals surface area contributed by atoms with Crippen LogP contribution in [0.3, 0.4) is 0 Å². The second-order valence-electron chi connectivity index (χ2n) is 4.80. The minimum absolute atomic E-state index is 0.313. The molecule has 0 fully saturated rings. The minimum atomic E-state index is -4.50. The summed E-state index contributed by atoms with van der Waals surface area (Å²) in [5, 5.41) is 11.5. The van der Waals surface area contributed by atoms with Crippen molar-refractivity contribution in [1.82, 2.24) is 5.32 Å². The van der Waals surface area contributed by atoms with Crippen LogP contribution in [0.15, 0.2) is 18.2 Å². The molecule has 0 radical (unpaired) electrons. The first-order valence-corrected chi connectivity index (χ1v) is 6.25. The molecule has 0 saturated heterocycles. The molecule has 0 aliphatic heterocycles. The molecule has 1 aromatic rings. The van der Waals surface area contributed by atoms with Gasteiger partial charge >= 0.3 is 6.18 Å². The maximum Gasteiger partial charge on any atom is 0.419 e. The summed E-state index contributed by atoms with van der Waals surface area (Å²) >= 11 is 0. The van der Waals surface area contributed by atoms with Crippen LogP contribution in [-0.2, 0) is 12.7 Å². The Morgan fingerprint density at radius 2 is 2.05 bits per heavy atom. The van der Waals surface area contributed by atoms with E-state index in [-0.39, 0.29) is 5.75 Å². The maximum atomic E-state index is 12.9. The fraction of sp³-hybridized carbons (Fsp3) is 0.500. The maximum absolute atomic E-state index is 12.9. The number of alkyl halides is 3. The van der Waals surface area contributed by atoms with E-state index >= 15 is 0 Å². The first-order valence-electron chi connectivity index (χ1n) is 6.25. The molecule has 0 aliphatic carbocycles. The zero-order valence-electron chi connectivity index (χ0n) is 11.4. The van der Waals surface area contributed by atoms with Crippen molar-refractivity contribution in [2.24, 2.45) is 5.92 Å². The summed E-state index contributed by atoms with van der Waals surface area (Å²) in [6, 6.07) is 5.53. The standard InChI is InChI=1S/C14H17F3N2O/c1-10(2)8-19-9-11-3-4-13(20-6-5-18)12(7-11)14(15,16)17/h3-4,7,10,19H,6,8-9H2,1-2H3. The van der Waals surface area contributed by atoms with Crippen molar-refractivity contribution in [1.29, 1.82) is 5.26 Å². The van der Waals surface area contributed by atoms with Gasteiger partial charge < -0.3 is 10.1 Å². The number of benzene rings is 1. The van der Waals surface area contributed by atoms with Gasteiger partial charge in [-0.1, -0.05) is 19.9 Å². The van der Waals surface area contributed by atoms with Crippen LogP contribution in [0, 0.1) is 17.2 Å². The molecule has 0 aliphatic rings. The average Bonchev–Trinajstić information content (AvgIpc) is 2.35. The first kappa shape index (κ1) is 16.3. The number of nitrogens with one attached hydrogen (secondary N) is 1. The molecule has 1 N–H and O–H groups in total. The lowest BCUT2D eigenvalue weighted by atomic mass is 10.1. The van der Waals surface area contributed by atoms with Crippen LogP contribution in [0.2, 0.25) is 0 Å². The number of nitrogens with zero attached hydrogens (tertiary/aromatic N) is 1. The summed E-state index contributed by atoms with van der Waals surface area (Å²) in [5.74, 6) is 0.113. The van der Waals surface area contributed by atoms with Crippen LogP contribution >= 0.6 is 0 Å². The summed E-state index contributed by atoms with van der Waals surface area (Å²) in [6.45, 7) is 4.72. The molecule has 0 amide bonds. The number of ether oxygens (including phenoxy) is 1. The molecule has 0 saturated carbocycles. The van der Waals surface area contributed by atoms with Crippen molar-refractivity contribution in [2.45, 2.75) is 26.6 Å².